The van der Waals surface area contributed by atoms with Gasteiger partial charge in [0.15, 0.2) is 0 Å². The van der Waals surface area contributed by atoms with Gasteiger partial charge in [0.25, 0.3) is 0 Å². The molecule has 1 nitrogen and oxygen atoms in total. The molecule has 0 spiro atoms. The molecule has 2 aliphatic rings. The topological polar surface area (TPSA) is 20.2 Å². The third kappa shape index (κ3) is 1.45. The number of fused-ring (bicyclic) bond motifs is 2. The second-order valence-electron chi connectivity index (χ2n) is 5.32. The maximum atomic E-state index is 9.41. The van der Waals surface area contributed by atoms with E-state index in [4.69, 9.17) is 0 Å². The van der Waals surface area contributed by atoms with Crippen LogP contribution in [0, 0.1) is 18.8 Å². The van der Waals surface area contributed by atoms with Crippen LogP contribution < -0.4 is 0 Å². The van der Waals surface area contributed by atoms with Crippen LogP contribution in [0.2, 0.25) is 0 Å². The van der Waals surface area contributed by atoms with Gasteiger partial charge >= 0.3 is 0 Å². The first kappa shape index (κ1) is 9.26. The number of aryl methyl sites for hydroxylation is 1. The first-order valence-electron chi connectivity index (χ1n) is 6.03. The number of phenolic OH excluding ortho intramolecular Hbond substituents is 1. The van der Waals surface area contributed by atoms with Crippen molar-refractivity contribution in [3.63, 3.8) is 0 Å². The SMILES string of the molecule is Cc1cc(O)ccc1C1CC2CCC1C2. The lowest BCUT2D eigenvalue weighted by Crippen LogP contribution is -2.09. The molecule has 1 heteroatoms. The molecule has 0 radical (unpaired) electrons. The second-order valence-corrected chi connectivity index (χ2v) is 5.32. The number of hydrogen-bond acceptors (Lipinski definition) is 1. The fraction of sp³-hybridized carbons (Fsp3) is 0.571. The van der Waals surface area contributed by atoms with E-state index in [1.807, 2.05) is 12.1 Å². The first-order valence-corrected chi connectivity index (χ1v) is 6.03. The van der Waals surface area contributed by atoms with Crippen LogP contribution in [-0.4, -0.2) is 5.11 Å². The van der Waals surface area contributed by atoms with E-state index in [1.165, 1.54) is 36.8 Å². The van der Waals surface area contributed by atoms with Crippen LogP contribution in [0.4, 0.5) is 0 Å². The van der Waals surface area contributed by atoms with Crippen molar-refractivity contribution in [2.45, 2.75) is 38.5 Å². The van der Waals surface area contributed by atoms with Gasteiger partial charge < -0.3 is 5.11 Å². The average molecular weight is 202 g/mol. The highest BCUT2D eigenvalue weighted by atomic mass is 16.3. The van der Waals surface area contributed by atoms with Gasteiger partial charge in [0.1, 0.15) is 5.75 Å². The van der Waals surface area contributed by atoms with E-state index in [0.29, 0.717) is 5.75 Å². The molecule has 1 N–H and O–H groups in total. The van der Waals surface area contributed by atoms with Crippen LogP contribution in [0.25, 0.3) is 0 Å². The van der Waals surface area contributed by atoms with E-state index in [1.54, 1.807) is 0 Å². The number of rotatable bonds is 1. The van der Waals surface area contributed by atoms with Gasteiger partial charge in [0.05, 0.1) is 0 Å². The Kier molecular flexibility index (Phi) is 2.01. The Morgan fingerprint density at radius 3 is 2.67 bits per heavy atom. The molecule has 0 amide bonds. The van der Waals surface area contributed by atoms with Crippen molar-refractivity contribution < 1.29 is 5.11 Å². The highest BCUT2D eigenvalue weighted by molar-refractivity contribution is 5.37. The molecular formula is C14H18O. The van der Waals surface area contributed by atoms with E-state index >= 15 is 0 Å². The molecule has 15 heavy (non-hydrogen) atoms. The molecule has 2 saturated carbocycles. The van der Waals surface area contributed by atoms with Gasteiger partial charge in [-0.05, 0) is 67.2 Å². The predicted molar refractivity (Wildman–Crippen MR) is 61.0 cm³/mol. The molecule has 0 saturated heterocycles. The van der Waals surface area contributed by atoms with Crippen molar-refractivity contribution in [3.8, 4) is 5.75 Å². The minimum absolute atomic E-state index is 0.402. The van der Waals surface area contributed by atoms with Crippen molar-refractivity contribution in [2.24, 2.45) is 11.8 Å². The summed E-state index contributed by atoms with van der Waals surface area (Å²) in [5, 5.41) is 9.41. The zero-order valence-electron chi connectivity index (χ0n) is 9.24. The fourth-order valence-corrected chi connectivity index (χ4v) is 3.70. The predicted octanol–water partition coefficient (Wildman–Crippen LogP) is 3.60. The Morgan fingerprint density at radius 2 is 2.07 bits per heavy atom. The average Bonchev–Trinajstić information content (AvgIpc) is 2.78. The van der Waals surface area contributed by atoms with Crippen molar-refractivity contribution in [2.75, 3.05) is 0 Å². The Morgan fingerprint density at radius 1 is 1.20 bits per heavy atom. The molecular weight excluding hydrogens is 184 g/mol. The molecule has 3 atom stereocenters. The van der Waals surface area contributed by atoms with Gasteiger partial charge in [-0.3, -0.25) is 0 Å². The minimum atomic E-state index is 0.402. The molecule has 0 aromatic heterocycles. The zero-order chi connectivity index (χ0) is 10.4. The number of hydrogen-bond donors (Lipinski definition) is 1. The lowest BCUT2D eigenvalue weighted by molar-refractivity contribution is 0.417. The largest absolute Gasteiger partial charge is 0.508 e. The van der Waals surface area contributed by atoms with Crippen LogP contribution in [0.1, 0.15) is 42.7 Å². The Labute approximate surface area is 91.1 Å². The Bertz CT molecular complexity index is 383. The van der Waals surface area contributed by atoms with Gasteiger partial charge in [-0.2, -0.15) is 0 Å². The number of aromatic hydroxyl groups is 1. The summed E-state index contributed by atoms with van der Waals surface area (Å²) in [6.45, 7) is 2.13. The molecule has 3 rings (SSSR count). The molecule has 2 aliphatic carbocycles. The van der Waals surface area contributed by atoms with Gasteiger partial charge in [-0.25, -0.2) is 0 Å². The summed E-state index contributed by atoms with van der Waals surface area (Å²) in [6.07, 6.45) is 5.72. The van der Waals surface area contributed by atoms with Crippen molar-refractivity contribution in [1.29, 1.82) is 0 Å². The van der Waals surface area contributed by atoms with E-state index in [9.17, 15) is 5.11 Å². The molecule has 1 aromatic carbocycles. The van der Waals surface area contributed by atoms with E-state index in [-0.39, 0.29) is 0 Å². The third-order valence-corrected chi connectivity index (χ3v) is 4.39. The summed E-state index contributed by atoms with van der Waals surface area (Å²) in [5.41, 5.74) is 2.76. The van der Waals surface area contributed by atoms with Gasteiger partial charge in [0, 0.05) is 0 Å². The normalized spacial score (nSPS) is 33.5. The second kappa shape index (κ2) is 3.26. The highest BCUT2D eigenvalue weighted by Gasteiger charge is 2.40. The maximum absolute atomic E-state index is 9.41. The van der Waals surface area contributed by atoms with Crippen molar-refractivity contribution >= 4 is 0 Å². The lowest BCUT2D eigenvalue weighted by atomic mass is 9.82. The first-order chi connectivity index (χ1) is 7.24. The van der Waals surface area contributed by atoms with Crippen molar-refractivity contribution in [3.05, 3.63) is 29.3 Å². The lowest BCUT2D eigenvalue weighted by Gasteiger charge is -2.23. The summed E-state index contributed by atoms with van der Waals surface area (Å²) in [7, 11) is 0. The monoisotopic (exact) mass is 202 g/mol. The summed E-state index contributed by atoms with van der Waals surface area (Å²) in [4.78, 5) is 0. The van der Waals surface area contributed by atoms with Crippen LogP contribution in [0.15, 0.2) is 18.2 Å². The summed E-state index contributed by atoms with van der Waals surface area (Å²) in [5.74, 6) is 3.11. The van der Waals surface area contributed by atoms with E-state index in [2.05, 4.69) is 13.0 Å². The Balaban J connectivity index is 1.93. The third-order valence-electron chi connectivity index (χ3n) is 4.39. The van der Waals surface area contributed by atoms with Crippen molar-refractivity contribution in [1.82, 2.24) is 0 Å². The van der Waals surface area contributed by atoms with Crippen LogP contribution in [0.3, 0.4) is 0 Å². The van der Waals surface area contributed by atoms with Gasteiger partial charge in [0.2, 0.25) is 0 Å². The summed E-state index contributed by atoms with van der Waals surface area (Å²) in [6, 6.07) is 5.88. The maximum Gasteiger partial charge on any atom is 0.115 e. The standard InChI is InChI=1S/C14H18O/c1-9-6-12(15)4-5-13(9)14-8-10-2-3-11(14)7-10/h4-6,10-11,14-15H,2-3,7-8H2,1H3. The smallest absolute Gasteiger partial charge is 0.115 e. The quantitative estimate of drug-likeness (QED) is 0.737. The minimum Gasteiger partial charge on any atom is -0.508 e. The fourth-order valence-electron chi connectivity index (χ4n) is 3.70. The molecule has 0 heterocycles. The zero-order valence-corrected chi connectivity index (χ0v) is 9.24. The number of benzene rings is 1. The van der Waals surface area contributed by atoms with Crippen LogP contribution in [0.5, 0.6) is 5.75 Å². The van der Waals surface area contributed by atoms with E-state index in [0.717, 1.165) is 17.8 Å². The highest BCUT2D eigenvalue weighted by Crippen LogP contribution is 2.53. The number of phenols is 1. The van der Waals surface area contributed by atoms with Gasteiger partial charge in [-0.15, -0.1) is 0 Å². The summed E-state index contributed by atoms with van der Waals surface area (Å²) < 4.78 is 0. The van der Waals surface area contributed by atoms with Gasteiger partial charge in [-0.1, -0.05) is 12.5 Å². The van der Waals surface area contributed by atoms with Crippen LogP contribution >= 0.6 is 0 Å². The molecule has 2 fully saturated rings. The van der Waals surface area contributed by atoms with Crippen LogP contribution in [-0.2, 0) is 0 Å². The molecule has 80 valence electrons. The summed E-state index contributed by atoms with van der Waals surface area (Å²) >= 11 is 0. The molecule has 0 aliphatic heterocycles. The molecule has 2 bridgehead atoms. The molecule has 1 aromatic rings. The molecule has 3 unspecified atom stereocenters. The Hall–Kier alpha value is -0.980. The van der Waals surface area contributed by atoms with E-state index < -0.39 is 0 Å².